The van der Waals surface area contributed by atoms with E-state index in [1.807, 2.05) is 115 Å². The maximum Gasteiger partial charge on any atom is 0.313 e. The minimum absolute atomic E-state index is 0.0317. The van der Waals surface area contributed by atoms with Gasteiger partial charge in [-0.2, -0.15) is 0 Å². The highest BCUT2D eigenvalue weighted by Crippen LogP contribution is 2.59. The number of esters is 1. The van der Waals surface area contributed by atoms with E-state index in [0.29, 0.717) is 22.2 Å². The molecule has 4 aromatic rings. The van der Waals surface area contributed by atoms with Gasteiger partial charge in [-0.25, -0.2) is 0 Å². The van der Waals surface area contributed by atoms with Crippen LogP contribution in [0, 0.1) is 11.8 Å². The summed E-state index contributed by atoms with van der Waals surface area (Å²) in [7, 11) is 0. The van der Waals surface area contributed by atoms with Gasteiger partial charge in [0.05, 0.1) is 25.1 Å². The normalized spacial score (nSPS) is 28.4. The number of halogens is 1. The number of nitrogens with one attached hydrogen (secondary N) is 1. The Morgan fingerprint density at radius 2 is 1.59 bits per heavy atom. The first-order valence-electron chi connectivity index (χ1n) is 18.3. The van der Waals surface area contributed by atoms with E-state index in [0.717, 1.165) is 16.3 Å². The molecule has 2 N–H and O–H groups in total. The second kappa shape index (κ2) is 15.0. The summed E-state index contributed by atoms with van der Waals surface area (Å²) in [6, 6.07) is 30.2. The van der Waals surface area contributed by atoms with Crippen molar-refractivity contribution in [1.82, 2.24) is 10.2 Å². The third kappa shape index (κ3) is 6.44. The summed E-state index contributed by atoms with van der Waals surface area (Å²) in [5.74, 6) is -4.01. The van der Waals surface area contributed by atoms with Gasteiger partial charge in [-0.3, -0.25) is 19.2 Å². The van der Waals surface area contributed by atoms with E-state index >= 15 is 9.59 Å². The van der Waals surface area contributed by atoms with Crippen molar-refractivity contribution in [3.05, 3.63) is 137 Å². The standard InChI is InChI=1S/C43H40BrN3O7/c44-33-24-43-37-36(38(33)54-43)42(52)53-34(29-15-6-2-7-16-29)25-45-35(49)18-8-3-11-21-46(31-20-19-28-14-9-10-17-30(28)23-31)41(51)39(43)47(40(37)50)32(26-48)22-27-12-4-1-5-13-27/h1-7,9-17,19-20,23-24,32,34,36-39,48H,8,18,21-22,25-26H2,(H,45,49)/b11-3-/t32-,34-,36-,37+,38-,39-,43+/m1/s1. The molecule has 0 unspecified atom stereocenters. The number of carbonyl (C=O) groups excluding carboxylic acids is 4. The summed E-state index contributed by atoms with van der Waals surface area (Å²) in [4.78, 5) is 61.1. The molecule has 4 aliphatic heterocycles. The number of fused-ring (bicyclic) bond motifs is 3. The first-order valence-corrected chi connectivity index (χ1v) is 19.1. The molecule has 3 amide bonds. The second-order valence-corrected chi connectivity index (χ2v) is 15.1. The van der Waals surface area contributed by atoms with Crippen LogP contribution in [0.15, 0.2) is 126 Å². The maximum absolute atomic E-state index is 15.5. The Balaban J connectivity index is 1.26. The molecule has 2 saturated heterocycles. The summed E-state index contributed by atoms with van der Waals surface area (Å²) in [6.07, 6.45) is 4.62. The molecule has 7 atom stereocenters. The Kier molecular flexibility index (Phi) is 9.95. The fraction of sp³-hybridized carbons (Fsp3) is 0.302. The number of allylic oxidation sites excluding steroid dienone is 1. The number of ether oxygens (including phenoxy) is 2. The van der Waals surface area contributed by atoms with Crippen LogP contribution in [-0.4, -0.2) is 77.2 Å². The van der Waals surface area contributed by atoms with Gasteiger partial charge in [0.15, 0.2) is 0 Å². The van der Waals surface area contributed by atoms with E-state index in [-0.39, 0.29) is 31.8 Å². The Hall–Kier alpha value is -5.10. The molecular formula is C43H40BrN3O7. The fourth-order valence-electron chi connectivity index (χ4n) is 8.47. The zero-order chi connectivity index (χ0) is 37.4. The number of rotatable bonds is 6. The maximum atomic E-state index is 15.5. The number of benzene rings is 4. The van der Waals surface area contributed by atoms with Crippen molar-refractivity contribution in [2.24, 2.45) is 11.8 Å². The largest absolute Gasteiger partial charge is 0.455 e. The van der Waals surface area contributed by atoms with E-state index in [9.17, 15) is 14.7 Å². The predicted molar refractivity (Wildman–Crippen MR) is 206 cm³/mol. The predicted octanol–water partition coefficient (Wildman–Crippen LogP) is 5.40. The molecule has 0 aliphatic carbocycles. The zero-order valence-electron chi connectivity index (χ0n) is 29.4. The topological polar surface area (TPSA) is 125 Å². The molecule has 4 aliphatic rings. The van der Waals surface area contributed by atoms with Gasteiger partial charge in [0.25, 0.3) is 5.91 Å². The van der Waals surface area contributed by atoms with E-state index in [4.69, 9.17) is 9.47 Å². The molecule has 4 aromatic carbocycles. The highest BCUT2D eigenvalue weighted by atomic mass is 79.9. The summed E-state index contributed by atoms with van der Waals surface area (Å²) >= 11 is 3.64. The quantitative estimate of drug-likeness (QED) is 0.198. The van der Waals surface area contributed by atoms with Gasteiger partial charge in [0, 0.05) is 23.1 Å². The SMILES string of the molecule is O=C1CC/C=C\CN(c2ccc3ccccc3c2)C(=O)[C@H]2N([C@@H](CO)Cc3ccccc3)C(=O)[C@@H]3[C@@H](C(=O)O[C@@H](c4ccccc4)CN1)[C@@H]1O[C@@]32C=C1Br. The summed E-state index contributed by atoms with van der Waals surface area (Å²) < 4.78 is 13.5. The van der Waals surface area contributed by atoms with Gasteiger partial charge < -0.3 is 29.7 Å². The van der Waals surface area contributed by atoms with Crippen LogP contribution in [-0.2, 0) is 35.1 Å². The number of anilines is 1. The molecule has 11 heteroatoms. The number of likely N-dealkylation sites (tertiary alicyclic amines) is 1. The van der Waals surface area contributed by atoms with Gasteiger partial charge >= 0.3 is 5.97 Å². The number of carbonyl (C=O) groups is 4. The Bertz CT molecular complexity index is 2140. The van der Waals surface area contributed by atoms with Crippen LogP contribution in [0.2, 0.25) is 0 Å². The van der Waals surface area contributed by atoms with Crippen molar-refractivity contribution < 1.29 is 33.8 Å². The van der Waals surface area contributed by atoms with Crippen molar-refractivity contribution >= 4 is 56.1 Å². The van der Waals surface area contributed by atoms with E-state index in [1.165, 1.54) is 4.90 Å². The van der Waals surface area contributed by atoms with Crippen LogP contribution in [0.1, 0.15) is 30.1 Å². The molecular weight excluding hydrogens is 750 g/mol. The van der Waals surface area contributed by atoms with E-state index < -0.39 is 66.1 Å². The molecule has 4 heterocycles. The highest BCUT2D eigenvalue weighted by Gasteiger charge is 2.75. The average molecular weight is 791 g/mol. The Morgan fingerprint density at radius 3 is 2.35 bits per heavy atom. The van der Waals surface area contributed by atoms with Crippen molar-refractivity contribution in [2.75, 3.05) is 24.6 Å². The van der Waals surface area contributed by atoms with Gasteiger partial charge in [-0.15, -0.1) is 0 Å². The van der Waals surface area contributed by atoms with Crippen LogP contribution in [0.5, 0.6) is 0 Å². The smallest absolute Gasteiger partial charge is 0.313 e. The molecule has 2 fully saturated rings. The molecule has 10 nitrogen and oxygen atoms in total. The summed E-state index contributed by atoms with van der Waals surface area (Å²) in [6.45, 7) is -0.261. The lowest BCUT2D eigenvalue weighted by atomic mass is 9.74. The molecule has 276 valence electrons. The first kappa shape index (κ1) is 35.9. The third-order valence-corrected chi connectivity index (χ3v) is 11.7. The van der Waals surface area contributed by atoms with Crippen molar-refractivity contribution in [3.8, 4) is 0 Å². The number of hydrogen-bond acceptors (Lipinski definition) is 7. The highest BCUT2D eigenvalue weighted by molar-refractivity contribution is 9.11. The fourth-order valence-corrected chi connectivity index (χ4v) is 9.21. The van der Waals surface area contributed by atoms with E-state index in [2.05, 4.69) is 21.2 Å². The van der Waals surface area contributed by atoms with Gasteiger partial charge in [0.2, 0.25) is 11.8 Å². The molecule has 54 heavy (non-hydrogen) atoms. The van der Waals surface area contributed by atoms with Crippen LogP contribution in [0.3, 0.4) is 0 Å². The van der Waals surface area contributed by atoms with Crippen molar-refractivity contribution in [3.63, 3.8) is 0 Å². The zero-order valence-corrected chi connectivity index (χ0v) is 31.0. The lowest BCUT2D eigenvalue weighted by Crippen LogP contribution is -2.59. The number of aliphatic hydroxyl groups excluding tert-OH is 1. The molecule has 0 radical (unpaired) electrons. The van der Waals surface area contributed by atoms with Crippen molar-refractivity contribution in [1.29, 1.82) is 0 Å². The lowest BCUT2D eigenvalue weighted by Gasteiger charge is -2.39. The van der Waals surface area contributed by atoms with Crippen LogP contribution in [0.25, 0.3) is 10.8 Å². The minimum atomic E-state index is -1.55. The molecule has 0 saturated carbocycles. The van der Waals surface area contributed by atoms with E-state index in [1.54, 1.807) is 11.0 Å². The molecule has 5 bridgehead atoms. The Labute approximate surface area is 321 Å². The van der Waals surface area contributed by atoms with Crippen LogP contribution >= 0.6 is 15.9 Å². The summed E-state index contributed by atoms with van der Waals surface area (Å²) in [5.41, 5.74) is 0.611. The van der Waals surface area contributed by atoms with Gasteiger partial charge in [0.1, 0.15) is 29.8 Å². The molecule has 1 spiro atoms. The number of hydrogen-bond donors (Lipinski definition) is 2. The Morgan fingerprint density at radius 1 is 0.870 bits per heavy atom. The first-order chi connectivity index (χ1) is 26.3. The monoisotopic (exact) mass is 789 g/mol. The number of amides is 3. The van der Waals surface area contributed by atoms with Crippen molar-refractivity contribution in [2.45, 2.75) is 49.2 Å². The number of nitrogens with zero attached hydrogens (tertiary/aromatic N) is 2. The second-order valence-electron chi connectivity index (χ2n) is 14.2. The molecule has 0 aromatic heterocycles. The number of cyclic esters (lactones) is 1. The minimum Gasteiger partial charge on any atom is -0.455 e. The average Bonchev–Trinajstić information content (AvgIpc) is 3.79. The number of aliphatic hydroxyl groups is 1. The lowest BCUT2D eigenvalue weighted by molar-refractivity contribution is -0.160. The third-order valence-electron chi connectivity index (χ3n) is 11.0. The molecule has 8 rings (SSSR count). The summed E-state index contributed by atoms with van der Waals surface area (Å²) in [5, 5.41) is 15.8. The van der Waals surface area contributed by atoms with Crippen LogP contribution < -0.4 is 10.2 Å². The van der Waals surface area contributed by atoms with Crippen LogP contribution in [0.4, 0.5) is 5.69 Å². The van der Waals surface area contributed by atoms with Gasteiger partial charge in [-0.1, -0.05) is 119 Å². The van der Waals surface area contributed by atoms with Gasteiger partial charge in [-0.05, 0) is 52.9 Å².